The van der Waals surface area contributed by atoms with Crippen molar-refractivity contribution in [3.63, 3.8) is 0 Å². The summed E-state index contributed by atoms with van der Waals surface area (Å²) in [6.45, 7) is 1.62. The number of nitrogens with one attached hydrogen (secondary N) is 2. The third kappa shape index (κ3) is 4.24. The number of rotatable bonds is 5. The summed E-state index contributed by atoms with van der Waals surface area (Å²) in [5.41, 5.74) is 1.18. The number of carbonyl (C=O) groups is 1. The highest BCUT2D eigenvalue weighted by atomic mass is 16.5. The molecule has 0 unspecified atom stereocenters. The minimum Gasteiger partial charge on any atom is -0.497 e. The van der Waals surface area contributed by atoms with Crippen LogP contribution < -0.4 is 15.4 Å². The molecule has 104 valence electrons. The van der Waals surface area contributed by atoms with Gasteiger partial charge in [0.1, 0.15) is 5.75 Å². The van der Waals surface area contributed by atoms with Crippen molar-refractivity contribution in [3.8, 4) is 5.75 Å². The Labute approximate surface area is 114 Å². The van der Waals surface area contributed by atoms with Gasteiger partial charge in [-0.3, -0.25) is 4.79 Å². The molecule has 4 nitrogen and oxygen atoms in total. The Bertz CT molecular complexity index is 414. The lowest BCUT2D eigenvalue weighted by Crippen LogP contribution is -2.47. The van der Waals surface area contributed by atoms with Crippen LogP contribution in [0.25, 0.3) is 0 Å². The average molecular weight is 262 g/mol. The molecule has 1 heterocycles. The molecule has 4 heteroatoms. The molecule has 0 aromatic heterocycles. The molecule has 0 saturated carbocycles. The smallest absolute Gasteiger partial charge is 0.237 e. The second kappa shape index (κ2) is 7.14. The zero-order valence-corrected chi connectivity index (χ0v) is 11.4. The summed E-state index contributed by atoms with van der Waals surface area (Å²) in [6.07, 6.45) is 4.09. The SMILES string of the molecule is COc1cccc(CCNC(=O)[C@@H]2CCCCN2)c1. The van der Waals surface area contributed by atoms with Gasteiger partial charge in [0.05, 0.1) is 13.2 Å². The lowest BCUT2D eigenvalue weighted by molar-refractivity contribution is -0.123. The molecule has 1 aliphatic rings. The van der Waals surface area contributed by atoms with Gasteiger partial charge in [-0.15, -0.1) is 0 Å². The maximum Gasteiger partial charge on any atom is 0.237 e. The van der Waals surface area contributed by atoms with Crippen LogP contribution in [0.5, 0.6) is 5.75 Å². The summed E-state index contributed by atoms with van der Waals surface area (Å²) in [5, 5.41) is 6.25. The van der Waals surface area contributed by atoms with Gasteiger partial charge in [-0.25, -0.2) is 0 Å². The van der Waals surface area contributed by atoms with E-state index in [1.54, 1.807) is 7.11 Å². The average Bonchev–Trinajstić information content (AvgIpc) is 2.48. The Morgan fingerprint density at radius 2 is 2.37 bits per heavy atom. The Morgan fingerprint density at radius 1 is 1.47 bits per heavy atom. The molecule has 1 atom stereocenters. The number of ether oxygens (including phenoxy) is 1. The summed E-state index contributed by atoms with van der Waals surface area (Å²) in [5.74, 6) is 0.986. The fraction of sp³-hybridized carbons (Fsp3) is 0.533. The summed E-state index contributed by atoms with van der Waals surface area (Å²) in [4.78, 5) is 11.9. The van der Waals surface area contributed by atoms with Gasteiger partial charge in [0.25, 0.3) is 0 Å². The van der Waals surface area contributed by atoms with Crippen molar-refractivity contribution < 1.29 is 9.53 Å². The summed E-state index contributed by atoms with van der Waals surface area (Å²) in [6, 6.07) is 7.95. The van der Waals surface area contributed by atoms with Gasteiger partial charge >= 0.3 is 0 Å². The molecule has 1 aromatic rings. The van der Waals surface area contributed by atoms with Crippen molar-refractivity contribution in [2.24, 2.45) is 0 Å². The zero-order chi connectivity index (χ0) is 13.5. The largest absolute Gasteiger partial charge is 0.497 e. The molecule has 2 rings (SSSR count). The standard InChI is InChI=1S/C15H22N2O2/c1-19-13-6-4-5-12(11-13)8-10-17-15(18)14-7-2-3-9-16-14/h4-6,11,14,16H,2-3,7-10H2,1H3,(H,17,18)/t14-/m0/s1. The molecule has 0 bridgehead atoms. The number of hydrogen-bond acceptors (Lipinski definition) is 3. The quantitative estimate of drug-likeness (QED) is 0.845. The number of amides is 1. The fourth-order valence-corrected chi connectivity index (χ4v) is 2.36. The van der Waals surface area contributed by atoms with Gasteiger partial charge in [-0.1, -0.05) is 18.6 Å². The van der Waals surface area contributed by atoms with Gasteiger partial charge in [0, 0.05) is 6.54 Å². The van der Waals surface area contributed by atoms with E-state index in [4.69, 9.17) is 4.74 Å². The summed E-state index contributed by atoms with van der Waals surface area (Å²) >= 11 is 0. The molecule has 1 fully saturated rings. The van der Waals surface area contributed by atoms with E-state index >= 15 is 0 Å². The fourth-order valence-electron chi connectivity index (χ4n) is 2.36. The van der Waals surface area contributed by atoms with Crippen LogP contribution in [-0.4, -0.2) is 32.1 Å². The lowest BCUT2D eigenvalue weighted by Gasteiger charge is -2.22. The highest BCUT2D eigenvalue weighted by molar-refractivity contribution is 5.81. The topological polar surface area (TPSA) is 50.4 Å². The first-order chi connectivity index (χ1) is 9.29. The van der Waals surface area contributed by atoms with Crippen LogP contribution in [0.4, 0.5) is 0 Å². The highest BCUT2D eigenvalue weighted by Gasteiger charge is 2.19. The van der Waals surface area contributed by atoms with Crippen LogP contribution in [-0.2, 0) is 11.2 Å². The minimum atomic E-state index is -0.000871. The second-order valence-corrected chi connectivity index (χ2v) is 4.90. The van der Waals surface area contributed by atoms with Gasteiger partial charge in [0.15, 0.2) is 0 Å². The molecular weight excluding hydrogens is 240 g/mol. The van der Waals surface area contributed by atoms with Crippen molar-refractivity contribution in [2.45, 2.75) is 31.7 Å². The molecule has 0 radical (unpaired) electrons. The van der Waals surface area contributed by atoms with E-state index in [0.717, 1.165) is 31.6 Å². The Balaban J connectivity index is 1.74. The van der Waals surface area contributed by atoms with Crippen LogP contribution in [0, 0.1) is 0 Å². The Morgan fingerprint density at radius 3 is 3.11 bits per heavy atom. The third-order valence-electron chi connectivity index (χ3n) is 3.47. The van der Waals surface area contributed by atoms with Crippen molar-refractivity contribution >= 4 is 5.91 Å². The van der Waals surface area contributed by atoms with Crippen molar-refractivity contribution in [3.05, 3.63) is 29.8 Å². The van der Waals surface area contributed by atoms with E-state index < -0.39 is 0 Å². The molecule has 1 amide bonds. The monoisotopic (exact) mass is 262 g/mol. The maximum atomic E-state index is 11.9. The van der Waals surface area contributed by atoms with E-state index in [2.05, 4.69) is 10.6 Å². The Hall–Kier alpha value is -1.55. The third-order valence-corrected chi connectivity index (χ3v) is 3.47. The number of carbonyl (C=O) groups excluding carboxylic acids is 1. The van der Waals surface area contributed by atoms with Crippen LogP contribution in [0.1, 0.15) is 24.8 Å². The molecule has 1 aromatic carbocycles. The zero-order valence-electron chi connectivity index (χ0n) is 11.4. The van der Waals surface area contributed by atoms with Gasteiger partial charge < -0.3 is 15.4 Å². The summed E-state index contributed by atoms with van der Waals surface area (Å²) in [7, 11) is 1.66. The van der Waals surface area contributed by atoms with E-state index in [-0.39, 0.29) is 11.9 Å². The second-order valence-electron chi connectivity index (χ2n) is 4.90. The maximum absolute atomic E-state index is 11.9. The minimum absolute atomic E-state index is 0.000871. The number of hydrogen-bond donors (Lipinski definition) is 2. The molecule has 0 spiro atoms. The molecule has 0 aliphatic carbocycles. The molecule has 19 heavy (non-hydrogen) atoms. The summed E-state index contributed by atoms with van der Waals surface area (Å²) < 4.78 is 5.18. The number of benzene rings is 1. The van der Waals surface area contributed by atoms with E-state index in [0.29, 0.717) is 6.54 Å². The van der Waals surface area contributed by atoms with Gasteiger partial charge in [0.2, 0.25) is 5.91 Å². The van der Waals surface area contributed by atoms with Crippen LogP contribution in [0.15, 0.2) is 24.3 Å². The van der Waals surface area contributed by atoms with Crippen molar-refractivity contribution in [1.82, 2.24) is 10.6 Å². The van der Waals surface area contributed by atoms with Crippen molar-refractivity contribution in [1.29, 1.82) is 0 Å². The van der Waals surface area contributed by atoms with Crippen LogP contribution >= 0.6 is 0 Å². The highest BCUT2D eigenvalue weighted by Crippen LogP contribution is 2.12. The van der Waals surface area contributed by atoms with Gasteiger partial charge in [-0.2, -0.15) is 0 Å². The molecule has 1 saturated heterocycles. The predicted octanol–water partition coefficient (Wildman–Crippen LogP) is 1.50. The first kappa shape index (κ1) is 13.9. The van der Waals surface area contributed by atoms with E-state index in [1.165, 1.54) is 12.0 Å². The van der Waals surface area contributed by atoms with Gasteiger partial charge in [-0.05, 0) is 43.5 Å². The molecule has 2 N–H and O–H groups in total. The molecule has 1 aliphatic heterocycles. The predicted molar refractivity (Wildman–Crippen MR) is 75.3 cm³/mol. The molecular formula is C15H22N2O2. The Kier molecular flexibility index (Phi) is 5.21. The first-order valence-electron chi connectivity index (χ1n) is 6.93. The van der Waals surface area contributed by atoms with E-state index in [9.17, 15) is 4.79 Å². The normalized spacial score (nSPS) is 18.9. The number of piperidine rings is 1. The van der Waals surface area contributed by atoms with Crippen LogP contribution in [0.3, 0.4) is 0 Å². The number of methoxy groups -OCH3 is 1. The lowest BCUT2D eigenvalue weighted by atomic mass is 10.0. The van der Waals surface area contributed by atoms with Crippen molar-refractivity contribution in [2.75, 3.05) is 20.2 Å². The van der Waals surface area contributed by atoms with E-state index in [1.807, 2.05) is 24.3 Å². The van der Waals surface area contributed by atoms with Crippen LogP contribution in [0.2, 0.25) is 0 Å². The first-order valence-corrected chi connectivity index (χ1v) is 6.93.